The van der Waals surface area contributed by atoms with Crippen molar-refractivity contribution in [1.82, 2.24) is 4.72 Å². The lowest BCUT2D eigenvalue weighted by molar-refractivity contribution is 0.565. The van der Waals surface area contributed by atoms with E-state index in [1.54, 1.807) is 13.8 Å². The Morgan fingerprint density at radius 2 is 1.71 bits per heavy atom. The molecule has 2 aromatic rings. The van der Waals surface area contributed by atoms with E-state index in [9.17, 15) is 12.8 Å². The third-order valence-corrected chi connectivity index (χ3v) is 5.11. The molecule has 2 aromatic carbocycles. The molecule has 0 saturated carbocycles. The molecule has 2 rings (SSSR count). The Labute approximate surface area is 124 Å². The van der Waals surface area contributed by atoms with Crippen LogP contribution in [-0.2, 0) is 10.0 Å². The summed E-state index contributed by atoms with van der Waals surface area (Å²) in [5.74, 6) is -0.446. The van der Waals surface area contributed by atoms with E-state index in [0.717, 1.165) is 17.2 Å². The fourth-order valence-electron chi connectivity index (χ4n) is 2.35. The summed E-state index contributed by atoms with van der Waals surface area (Å²) < 4.78 is 40.6. The number of nitrogens with one attached hydrogen (secondary N) is 1. The van der Waals surface area contributed by atoms with Gasteiger partial charge >= 0.3 is 0 Å². The zero-order valence-electron chi connectivity index (χ0n) is 12.2. The third-order valence-electron chi connectivity index (χ3n) is 3.41. The minimum atomic E-state index is -3.69. The first-order valence-electron chi connectivity index (χ1n) is 6.65. The van der Waals surface area contributed by atoms with Gasteiger partial charge in [-0.1, -0.05) is 24.3 Å². The van der Waals surface area contributed by atoms with Gasteiger partial charge in [0.15, 0.2) is 0 Å². The topological polar surface area (TPSA) is 46.2 Å². The van der Waals surface area contributed by atoms with Crippen LogP contribution in [0.1, 0.15) is 29.7 Å². The fraction of sp³-hybridized carbons (Fsp3) is 0.250. The Kier molecular flexibility index (Phi) is 4.44. The van der Waals surface area contributed by atoms with E-state index in [-0.39, 0.29) is 10.9 Å². The second-order valence-corrected chi connectivity index (χ2v) is 6.79. The average molecular weight is 307 g/mol. The van der Waals surface area contributed by atoms with E-state index in [0.29, 0.717) is 5.56 Å². The molecule has 5 heteroatoms. The Morgan fingerprint density at radius 3 is 2.33 bits per heavy atom. The van der Waals surface area contributed by atoms with Gasteiger partial charge in [0.25, 0.3) is 0 Å². The van der Waals surface area contributed by atoms with Crippen LogP contribution in [0, 0.1) is 19.7 Å². The van der Waals surface area contributed by atoms with E-state index < -0.39 is 15.8 Å². The summed E-state index contributed by atoms with van der Waals surface area (Å²) in [6, 6.07) is 10.9. The molecule has 0 aromatic heterocycles. The smallest absolute Gasteiger partial charge is 0.207 e. The number of hydrogen-bond acceptors (Lipinski definition) is 2. The van der Waals surface area contributed by atoms with E-state index in [1.165, 1.54) is 12.1 Å². The van der Waals surface area contributed by atoms with Crippen molar-refractivity contribution in [3.63, 3.8) is 0 Å². The van der Waals surface area contributed by atoms with Crippen LogP contribution in [0.5, 0.6) is 0 Å². The van der Waals surface area contributed by atoms with Gasteiger partial charge in [-0.25, -0.2) is 17.5 Å². The lowest BCUT2D eigenvalue weighted by Gasteiger charge is -2.17. The molecular formula is C16H18FNO2S. The Balaban J connectivity index is 2.31. The molecule has 0 fully saturated rings. The molecule has 0 aliphatic heterocycles. The van der Waals surface area contributed by atoms with Gasteiger partial charge in [-0.15, -0.1) is 0 Å². The molecule has 0 bridgehead atoms. The molecule has 112 valence electrons. The van der Waals surface area contributed by atoms with E-state index in [1.807, 2.05) is 31.2 Å². The fourth-order valence-corrected chi connectivity index (χ4v) is 3.80. The monoisotopic (exact) mass is 307 g/mol. The van der Waals surface area contributed by atoms with Crippen LogP contribution in [0.4, 0.5) is 4.39 Å². The number of sulfonamides is 1. The lowest BCUT2D eigenvalue weighted by Crippen LogP contribution is -2.28. The predicted octanol–water partition coefficient (Wildman–Crippen LogP) is 3.48. The van der Waals surface area contributed by atoms with Crippen molar-refractivity contribution in [1.29, 1.82) is 0 Å². The molecule has 0 amide bonds. The summed E-state index contributed by atoms with van der Waals surface area (Å²) in [4.78, 5) is 0.101. The number of aryl methyl sites for hydroxylation is 2. The third kappa shape index (κ3) is 3.49. The number of halogens is 1. The van der Waals surface area contributed by atoms with Crippen LogP contribution >= 0.6 is 0 Å². The summed E-state index contributed by atoms with van der Waals surface area (Å²) >= 11 is 0. The first kappa shape index (κ1) is 15.7. The molecule has 1 N–H and O–H groups in total. The zero-order valence-corrected chi connectivity index (χ0v) is 13.0. The number of benzene rings is 2. The van der Waals surface area contributed by atoms with Crippen molar-refractivity contribution in [2.24, 2.45) is 0 Å². The normalized spacial score (nSPS) is 13.1. The highest BCUT2D eigenvalue weighted by atomic mass is 32.2. The number of rotatable bonds is 4. The first-order chi connectivity index (χ1) is 9.81. The summed E-state index contributed by atoms with van der Waals surface area (Å²) in [6.45, 7) is 5.30. The molecule has 0 radical (unpaired) electrons. The van der Waals surface area contributed by atoms with Gasteiger partial charge in [0.2, 0.25) is 10.0 Å². The quantitative estimate of drug-likeness (QED) is 0.940. The van der Waals surface area contributed by atoms with Gasteiger partial charge in [-0.3, -0.25) is 0 Å². The standard InChI is InChI=1S/C16H18FNO2S/c1-11-6-4-5-7-15(11)13(3)18-21(19,20)16-9-8-14(17)10-12(16)2/h4-10,13,18H,1-3H3/t13-/m0/s1. The molecule has 3 nitrogen and oxygen atoms in total. The highest BCUT2D eigenvalue weighted by molar-refractivity contribution is 7.89. The lowest BCUT2D eigenvalue weighted by atomic mass is 10.0. The predicted molar refractivity (Wildman–Crippen MR) is 81.1 cm³/mol. The van der Waals surface area contributed by atoms with Crippen LogP contribution in [0.15, 0.2) is 47.4 Å². The van der Waals surface area contributed by atoms with Gasteiger partial charge in [0.1, 0.15) is 5.82 Å². The molecule has 0 aliphatic rings. The molecule has 1 atom stereocenters. The zero-order chi connectivity index (χ0) is 15.6. The Hall–Kier alpha value is -1.72. The van der Waals surface area contributed by atoms with Gasteiger partial charge in [0.05, 0.1) is 4.90 Å². The summed E-state index contributed by atoms with van der Waals surface area (Å²) in [5, 5.41) is 0. The Morgan fingerprint density at radius 1 is 1.05 bits per heavy atom. The van der Waals surface area contributed by atoms with E-state index in [2.05, 4.69) is 4.72 Å². The van der Waals surface area contributed by atoms with Gasteiger partial charge in [0, 0.05) is 6.04 Å². The van der Waals surface area contributed by atoms with Crippen LogP contribution in [0.25, 0.3) is 0 Å². The maximum Gasteiger partial charge on any atom is 0.241 e. The van der Waals surface area contributed by atoms with Crippen LogP contribution in [0.2, 0.25) is 0 Å². The number of hydrogen-bond donors (Lipinski definition) is 1. The van der Waals surface area contributed by atoms with E-state index in [4.69, 9.17) is 0 Å². The van der Waals surface area contributed by atoms with Crippen molar-refractivity contribution in [2.45, 2.75) is 31.7 Å². The molecule has 0 unspecified atom stereocenters. The molecule has 0 spiro atoms. The minimum absolute atomic E-state index is 0.101. The molecular weight excluding hydrogens is 289 g/mol. The van der Waals surface area contributed by atoms with Crippen LogP contribution in [-0.4, -0.2) is 8.42 Å². The van der Waals surface area contributed by atoms with Crippen LogP contribution in [0.3, 0.4) is 0 Å². The second-order valence-electron chi connectivity index (χ2n) is 5.11. The summed E-state index contributed by atoms with van der Waals surface area (Å²) in [5.41, 5.74) is 2.32. The largest absolute Gasteiger partial charge is 0.241 e. The minimum Gasteiger partial charge on any atom is -0.207 e. The van der Waals surface area contributed by atoms with Crippen molar-refractivity contribution in [3.8, 4) is 0 Å². The van der Waals surface area contributed by atoms with Crippen molar-refractivity contribution in [2.75, 3.05) is 0 Å². The highest BCUT2D eigenvalue weighted by Crippen LogP contribution is 2.22. The molecule has 21 heavy (non-hydrogen) atoms. The highest BCUT2D eigenvalue weighted by Gasteiger charge is 2.21. The van der Waals surface area contributed by atoms with Crippen molar-refractivity contribution < 1.29 is 12.8 Å². The van der Waals surface area contributed by atoms with Crippen LogP contribution < -0.4 is 4.72 Å². The average Bonchev–Trinajstić information content (AvgIpc) is 2.37. The molecule has 0 heterocycles. The summed E-state index contributed by atoms with van der Waals surface area (Å²) in [7, 11) is -3.69. The first-order valence-corrected chi connectivity index (χ1v) is 8.13. The second kappa shape index (κ2) is 5.95. The maximum absolute atomic E-state index is 13.1. The van der Waals surface area contributed by atoms with Crippen molar-refractivity contribution >= 4 is 10.0 Å². The summed E-state index contributed by atoms with van der Waals surface area (Å²) in [6.07, 6.45) is 0. The molecule has 0 saturated heterocycles. The molecule has 0 aliphatic carbocycles. The van der Waals surface area contributed by atoms with Crippen molar-refractivity contribution in [3.05, 3.63) is 65.0 Å². The van der Waals surface area contributed by atoms with Gasteiger partial charge < -0.3 is 0 Å². The SMILES string of the molecule is Cc1ccccc1[C@H](C)NS(=O)(=O)c1ccc(F)cc1C. The van der Waals surface area contributed by atoms with Gasteiger partial charge in [-0.2, -0.15) is 0 Å². The van der Waals surface area contributed by atoms with E-state index >= 15 is 0 Å². The maximum atomic E-state index is 13.1. The Bertz CT molecular complexity index is 757. The van der Waals surface area contributed by atoms with Gasteiger partial charge in [-0.05, 0) is 55.7 Å².